The van der Waals surface area contributed by atoms with Gasteiger partial charge in [-0.05, 0) is 31.2 Å². The Kier molecular flexibility index (Phi) is 6.26. The highest BCUT2D eigenvalue weighted by molar-refractivity contribution is 7.89. The molecule has 0 saturated heterocycles. The molecule has 2 aromatic heterocycles. The van der Waals surface area contributed by atoms with Crippen molar-refractivity contribution in [3.63, 3.8) is 0 Å². The van der Waals surface area contributed by atoms with Crippen LogP contribution in [0.4, 0.5) is 4.39 Å². The summed E-state index contributed by atoms with van der Waals surface area (Å²) in [6.45, 7) is 1.82. The van der Waals surface area contributed by atoms with E-state index in [9.17, 15) is 17.6 Å². The average Bonchev–Trinajstić information content (AvgIpc) is 3.17. The Balaban J connectivity index is 1.53. The zero-order valence-corrected chi connectivity index (χ0v) is 18.7. The van der Waals surface area contributed by atoms with Crippen molar-refractivity contribution in [1.82, 2.24) is 19.5 Å². The fraction of sp³-hybridized carbons (Fsp3) is 0.136. The van der Waals surface area contributed by atoms with E-state index in [4.69, 9.17) is 0 Å². The monoisotopic (exact) mass is 470 g/mol. The van der Waals surface area contributed by atoms with Gasteiger partial charge in [-0.2, -0.15) is 5.10 Å². The summed E-state index contributed by atoms with van der Waals surface area (Å²) in [6.07, 6.45) is 0. The van der Waals surface area contributed by atoms with E-state index in [2.05, 4.69) is 14.8 Å². The Hall–Kier alpha value is -3.21. The summed E-state index contributed by atoms with van der Waals surface area (Å²) in [5.41, 5.74) is 2.00. The molecular weight excluding hydrogens is 451 g/mol. The van der Waals surface area contributed by atoms with Crippen LogP contribution in [0.5, 0.6) is 0 Å². The number of aromatic nitrogens is 3. The van der Waals surface area contributed by atoms with Crippen LogP contribution in [0.25, 0.3) is 21.1 Å². The van der Waals surface area contributed by atoms with Gasteiger partial charge in [-0.3, -0.25) is 4.79 Å². The van der Waals surface area contributed by atoms with Crippen LogP contribution in [0.3, 0.4) is 0 Å². The van der Waals surface area contributed by atoms with Gasteiger partial charge in [-0.25, -0.2) is 27.2 Å². The quantitative estimate of drug-likeness (QED) is 0.446. The molecule has 2 aromatic carbocycles. The Morgan fingerprint density at radius 2 is 1.84 bits per heavy atom. The lowest BCUT2D eigenvalue weighted by Gasteiger charge is -2.09. The van der Waals surface area contributed by atoms with E-state index in [-0.39, 0.29) is 23.5 Å². The highest BCUT2D eigenvalue weighted by Gasteiger charge is 2.16. The SMILES string of the molecule is Cc1nc(-c2ccccc2)sc1-c1ccc(=O)n(CCNS(=O)(=O)c2cccc(F)c2)n1. The molecule has 2 heterocycles. The lowest BCUT2D eigenvalue weighted by Crippen LogP contribution is -2.32. The number of hydrogen-bond donors (Lipinski definition) is 1. The predicted octanol–water partition coefficient (Wildman–Crippen LogP) is 3.46. The minimum Gasteiger partial charge on any atom is -0.268 e. The second kappa shape index (κ2) is 9.11. The van der Waals surface area contributed by atoms with E-state index in [1.54, 1.807) is 6.07 Å². The molecule has 0 fully saturated rings. The molecule has 7 nitrogen and oxygen atoms in total. The predicted molar refractivity (Wildman–Crippen MR) is 121 cm³/mol. The third-order valence-electron chi connectivity index (χ3n) is 4.64. The number of rotatable bonds is 7. The molecule has 0 amide bonds. The number of thiazole rings is 1. The highest BCUT2D eigenvalue weighted by atomic mass is 32.2. The molecule has 0 spiro atoms. The first-order chi connectivity index (χ1) is 15.3. The van der Waals surface area contributed by atoms with Crippen molar-refractivity contribution in [1.29, 1.82) is 0 Å². The zero-order valence-electron chi connectivity index (χ0n) is 17.0. The largest absolute Gasteiger partial charge is 0.268 e. The third-order valence-corrected chi connectivity index (χ3v) is 7.33. The van der Waals surface area contributed by atoms with Crippen molar-refractivity contribution >= 4 is 21.4 Å². The number of halogens is 1. The lowest BCUT2D eigenvalue weighted by molar-refractivity contribution is 0.547. The number of nitrogens with zero attached hydrogens (tertiary/aromatic N) is 3. The van der Waals surface area contributed by atoms with Gasteiger partial charge in [0.05, 0.1) is 22.0 Å². The van der Waals surface area contributed by atoms with Gasteiger partial charge in [0.2, 0.25) is 10.0 Å². The van der Waals surface area contributed by atoms with Crippen LogP contribution >= 0.6 is 11.3 Å². The molecule has 4 rings (SSSR count). The van der Waals surface area contributed by atoms with E-state index in [1.165, 1.54) is 40.3 Å². The summed E-state index contributed by atoms with van der Waals surface area (Å²) in [7, 11) is -3.90. The first-order valence-corrected chi connectivity index (χ1v) is 12.0. The van der Waals surface area contributed by atoms with Crippen LogP contribution in [0.2, 0.25) is 0 Å². The van der Waals surface area contributed by atoms with E-state index < -0.39 is 15.8 Å². The molecule has 0 bridgehead atoms. The average molecular weight is 471 g/mol. The molecule has 4 aromatic rings. The zero-order chi connectivity index (χ0) is 22.7. The van der Waals surface area contributed by atoms with Crippen molar-refractivity contribution in [2.45, 2.75) is 18.4 Å². The fourth-order valence-corrected chi connectivity index (χ4v) is 5.16. The summed E-state index contributed by atoms with van der Waals surface area (Å²) in [5, 5.41) is 5.24. The summed E-state index contributed by atoms with van der Waals surface area (Å²) in [5.74, 6) is -0.645. The maximum atomic E-state index is 13.3. The maximum Gasteiger partial charge on any atom is 0.266 e. The summed E-state index contributed by atoms with van der Waals surface area (Å²) < 4.78 is 41.6. The molecule has 0 aliphatic rings. The molecule has 0 unspecified atom stereocenters. The number of benzene rings is 2. The third kappa shape index (κ3) is 4.82. The molecule has 0 radical (unpaired) electrons. The molecule has 0 aliphatic heterocycles. The van der Waals surface area contributed by atoms with Crippen molar-refractivity contribution in [2.75, 3.05) is 6.54 Å². The van der Waals surface area contributed by atoms with Gasteiger partial charge in [0.15, 0.2) is 0 Å². The Bertz CT molecular complexity index is 1420. The van der Waals surface area contributed by atoms with Gasteiger partial charge in [0.1, 0.15) is 16.5 Å². The highest BCUT2D eigenvalue weighted by Crippen LogP contribution is 2.33. The minimum atomic E-state index is -3.90. The van der Waals surface area contributed by atoms with Crippen LogP contribution in [0.1, 0.15) is 5.69 Å². The summed E-state index contributed by atoms with van der Waals surface area (Å²) in [6, 6.07) is 17.5. The number of sulfonamides is 1. The molecule has 1 N–H and O–H groups in total. The summed E-state index contributed by atoms with van der Waals surface area (Å²) in [4.78, 5) is 17.5. The lowest BCUT2D eigenvalue weighted by atomic mass is 10.2. The molecule has 0 saturated carbocycles. The van der Waals surface area contributed by atoms with Crippen molar-refractivity contribution in [3.05, 3.63) is 88.6 Å². The maximum absolute atomic E-state index is 13.3. The molecular formula is C22H19FN4O3S2. The second-order valence-corrected chi connectivity index (χ2v) is 9.70. The number of hydrogen-bond acceptors (Lipinski definition) is 6. The van der Waals surface area contributed by atoms with Crippen molar-refractivity contribution in [3.8, 4) is 21.1 Å². The smallest absolute Gasteiger partial charge is 0.266 e. The van der Waals surface area contributed by atoms with E-state index in [0.717, 1.165) is 27.2 Å². The van der Waals surface area contributed by atoms with Gasteiger partial charge in [0, 0.05) is 18.2 Å². The number of nitrogens with one attached hydrogen (secondary N) is 1. The van der Waals surface area contributed by atoms with E-state index >= 15 is 0 Å². The van der Waals surface area contributed by atoms with Crippen molar-refractivity contribution < 1.29 is 12.8 Å². The second-order valence-electron chi connectivity index (χ2n) is 6.93. The Morgan fingerprint density at radius 1 is 1.06 bits per heavy atom. The van der Waals surface area contributed by atoms with Crippen LogP contribution < -0.4 is 10.3 Å². The first kappa shape index (κ1) is 22.0. The molecule has 32 heavy (non-hydrogen) atoms. The Morgan fingerprint density at radius 3 is 2.59 bits per heavy atom. The van der Waals surface area contributed by atoms with Crippen LogP contribution in [0.15, 0.2) is 76.4 Å². The fourth-order valence-electron chi connectivity index (χ4n) is 3.07. The summed E-state index contributed by atoms with van der Waals surface area (Å²) >= 11 is 1.47. The Labute approximate surface area is 188 Å². The van der Waals surface area contributed by atoms with Crippen LogP contribution in [0, 0.1) is 12.7 Å². The topological polar surface area (TPSA) is 94.0 Å². The standard InChI is InChI=1S/C22H19FN4O3S2/c1-15-21(31-22(25-15)16-6-3-2-4-7-16)19-10-11-20(28)27(26-19)13-12-24-32(29,30)18-9-5-8-17(23)14-18/h2-11,14,24H,12-13H2,1H3. The van der Waals surface area contributed by atoms with Gasteiger partial charge in [-0.1, -0.05) is 36.4 Å². The van der Waals surface area contributed by atoms with Gasteiger partial charge in [0.25, 0.3) is 5.56 Å². The van der Waals surface area contributed by atoms with E-state index in [0.29, 0.717) is 5.69 Å². The van der Waals surface area contributed by atoms with Crippen molar-refractivity contribution in [2.24, 2.45) is 0 Å². The number of aryl methyl sites for hydroxylation is 1. The molecule has 0 atom stereocenters. The molecule has 164 valence electrons. The molecule has 10 heteroatoms. The minimum absolute atomic E-state index is 0.0185. The van der Waals surface area contributed by atoms with E-state index in [1.807, 2.05) is 37.3 Å². The van der Waals surface area contributed by atoms with Gasteiger partial charge < -0.3 is 0 Å². The van der Waals surface area contributed by atoms with Gasteiger partial charge in [-0.15, -0.1) is 11.3 Å². The molecule has 0 aliphatic carbocycles. The first-order valence-electron chi connectivity index (χ1n) is 9.70. The normalized spacial score (nSPS) is 11.6. The van der Waals surface area contributed by atoms with Gasteiger partial charge >= 0.3 is 0 Å². The van der Waals surface area contributed by atoms with Crippen LogP contribution in [-0.4, -0.2) is 29.7 Å². The van der Waals surface area contributed by atoms with Crippen LogP contribution in [-0.2, 0) is 16.6 Å².